The van der Waals surface area contributed by atoms with Gasteiger partial charge in [-0.25, -0.2) is 0 Å². The number of anilines is 1. The van der Waals surface area contributed by atoms with E-state index >= 15 is 0 Å². The molecule has 0 aromatic heterocycles. The number of hydrogen-bond donors (Lipinski definition) is 1. The van der Waals surface area contributed by atoms with Crippen molar-refractivity contribution in [2.45, 2.75) is 52.0 Å². The molecule has 0 saturated carbocycles. The average Bonchev–Trinajstić information content (AvgIpc) is 2.97. The number of halogens is 1. The van der Waals surface area contributed by atoms with Crippen LogP contribution in [0.3, 0.4) is 0 Å². The summed E-state index contributed by atoms with van der Waals surface area (Å²) in [5.74, 6) is 0.0848. The molecule has 1 heterocycles. The van der Waals surface area contributed by atoms with Crippen LogP contribution in [0.4, 0.5) is 5.69 Å². The number of benzene rings is 1. The molecular formula is C17H25ClN2O. The summed E-state index contributed by atoms with van der Waals surface area (Å²) < 4.78 is 0. The zero-order valence-electron chi connectivity index (χ0n) is 13.0. The molecule has 116 valence electrons. The number of carbonyl (C=O) groups excluding carboxylic acids is 1. The number of unbranched alkanes of at least 4 members (excludes halogenated alkanes) is 1. The summed E-state index contributed by atoms with van der Waals surface area (Å²) >= 11 is 6.21. The molecule has 0 aliphatic carbocycles. The molecule has 1 saturated heterocycles. The fourth-order valence-corrected chi connectivity index (χ4v) is 3.20. The fraction of sp³-hybridized carbons (Fsp3) is 0.588. The standard InChI is InChI=1S/C17H25ClN2O/c1-3-4-10-15(20-11-5-6-12-20)17(21)19-16-13(2)8-7-9-14(16)18/h7-9,15H,3-6,10-12H2,1-2H3,(H,19,21)/t15-/m0/s1. The average molecular weight is 309 g/mol. The van der Waals surface area contributed by atoms with Crippen LogP contribution in [0.2, 0.25) is 5.02 Å². The predicted octanol–water partition coefficient (Wildman–Crippen LogP) is 4.24. The van der Waals surface area contributed by atoms with Crippen LogP contribution in [0.25, 0.3) is 0 Å². The van der Waals surface area contributed by atoms with Crippen LogP contribution in [0, 0.1) is 6.92 Å². The van der Waals surface area contributed by atoms with Crippen molar-refractivity contribution in [1.29, 1.82) is 0 Å². The largest absolute Gasteiger partial charge is 0.323 e. The van der Waals surface area contributed by atoms with E-state index in [1.54, 1.807) is 0 Å². The summed E-state index contributed by atoms with van der Waals surface area (Å²) in [6, 6.07) is 5.67. The minimum Gasteiger partial charge on any atom is -0.323 e. The zero-order chi connectivity index (χ0) is 15.2. The Balaban J connectivity index is 2.10. The number of hydrogen-bond acceptors (Lipinski definition) is 2. The summed E-state index contributed by atoms with van der Waals surface area (Å²) in [4.78, 5) is 15.0. The van der Waals surface area contributed by atoms with Gasteiger partial charge in [0.1, 0.15) is 0 Å². The molecule has 1 aliphatic rings. The number of nitrogens with zero attached hydrogens (tertiary/aromatic N) is 1. The van der Waals surface area contributed by atoms with Crippen molar-refractivity contribution in [3.63, 3.8) is 0 Å². The molecule has 1 amide bonds. The highest BCUT2D eigenvalue weighted by atomic mass is 35.5. The maximum Gasteiger partial charge on any atom is 0.241 e. The molecule has 0 spiro atoms. The number of aryl methyl sites for hydroxylation is 1. The maximum atomic E-state index is 12.7. The number of likely N-dealkylation sites (tertiary alicyclic amines) is 1. The lowest BCUT2D eigenvalue weighted by molar-refractivity contribution is -0.121. The quantitative estimate of drug-likeness (QED) is 0.852. The second kappa shape index (κ2) is 7.81. The molecule has 1 N–H and O–H groups in total. The highest BCUT2D eigenvalue weighted by Crippen LogP contribution is 2.26. The third kappa shape index (κ3) is 4.21. The highest BCUT2D eigenvalue weighted by molar-refractivity contribution is 6.34. The number of carbonyl (C=O) groups is 1. The summed E-state index contributed by atoms with van der Waals surface area (Å²) in [7, 11) is 0. The molecule has 1 aromatic carbocycles. The first-order valence-electron chi connectivity index (χ1n) is 7.93. The van der Waals surface area contributed by atoms with Crippen molar-refractivity contribution >= 4 is 23.2 Å². The molecule has 1 fully saturated rings. The van der Waals surface area contributed by atoms with Gasteiger partial charge < -0.3 is 5.32 Å². The van der Waals surface area contributed by atoms with E-state index in [-0.39, 0.29) is 11.9 Å². The predicted molar refractivity (Wildman–Crippen MR) is 88.9 cm³/mol. The summed E-state index contributed by atoms with van der Waals surface area (Å²) in [6.07, 6.45) is 5.51. The zero-order valence-corrected chi connectivity index (χ0v) is 13.7. The summed E-state index contributed by atoms with van der Waals surface area (Å²) in [6.45, 7) is 6.20. The molecule has 3 nitrogen and oxygen atoms in total. The van der Waals surface area contributed by atoms with E-state index in [1.165, 1.54) is 12.8 Å². The smallest absolute Gasteiger partial charge is 0.241 e. The van der Waals surface area contributed by atoms with Gasteiger partial charge in [-0.1, -0.05) is 43.5 Å². The summed E-state index contributed by atoms with van der Waals surface area (Å²) in [5.41, 5.74) is 1.76. The van der Waals surface area contributed by atoms with Crippen molar-refractivity contribution in [2.75, 3.05) is 18.4 Å². The van der Waals surface area contributed by atoms with Crippen LogP contribution in [-0.2, 0) is 4.79 Å². The normalized spacial score (nSPS) is 16.9. The minimum atomic E-state index is -0.0249. The lowest BCUT2D eigenvalue weighted by Crippen LogP contribution is -2.42. The van der Waals surface area contributed by atoms with Gasteiger partial charge in [0.2, 0.25) is 5.91 Å². The van der Waals surface area contributed by atoms with Gasteiger partial charge in [-0.2, -0.15) is 0 Å². The van der Waals surface area contributed by atoms with E-state index < -0.39 is 0 Å². The number of para-hydroxylation sites is 1. The van der Waals surface area contributed by atoms with Crippen LogP contribution in [0.15, 0.2) is 18.2 Å². The van der Waals surface area contributed by atoms with Gasteiger partial charge in [-0.05, 0) is 50.9 Å². The molecule has 2 rings (SSSR count). The molecule has 21 heavy (non-hydrogen) atoms. The number of rotatable bonds is 6. The number of amides is 1. The molecule has 1 aliphatic heterocycles. The van der Waals surface area contributed by atoms with Crippen LogP contribution in [0.5, 0.6) is 0 Å². The van der Waals surface area contributed by atoms with Gasteiger partial charge in [-0.15, -0.1) is 0 Å². The van der Waals surface area contributed by atoms with Crippen molar-refractivity contribution in [3.8, 4) is 0 Å². The van der Waals surface area contributed by atoms with Gasteiger partial charge in [0.25, 0.3) is 0 Å². The molecule has 0 bridgehead atoms. The van der Waals surface area contributed by atoms with Crippen molar-refractivity contribution < 1.29 is 4.79 Å². The molecule has 0 unspecified atom stereocenters. The second-order valence-corrected chi connectivity index (χ2v) is 6.23. The van der Waals surface area contributed by atoms with E-state index in [4.69, 9.17) is 11.6 Å². The molecule has 4 heteroatoms. The molecule has 1 aromatic rings. The molecular weight excluding hydrogens is 284 g/mol. The van der Waals surface area contributed by atoms with Gasteiger partial charge in [-0.3, -0.25) is 9.69 Å². The first-order valence-corrected chi connectivity index (χ1v) is 8.31. The second-order valence-electron chi connectivity index (χ2n) is 5.82. The van der Waals surface area contributed by atoms with Gasteiger partial charge >= 0.3 is 0 Å². The van der Waals surface area contributed by atoms with Gasteiger partial charge in [0, 0.05) is 0 Å². The lowest BCUT2D eigenvalue weighted by Gasteiger charge is -2.27. The fourth-order valence-electron chi connectivity index (χ4n) is 2.93. The van der Waals surface area contributed by atoms with Gasteiger partial charge in [0.15, 0.2) is 0 Å². The SMILES string of the molecule is CCCC[C@@H](C(=O)Nc1c(C)cccc1Cl)N1CCCC1. The Labute approximate surface area is 132 Å². The Kier molecular flexibility index (Phi) is 6.07. The Morgan fingerprint density at radius 3 is 2.71 bits per heavy atom. The van der Waals surface area contributed by atoms with Crippen LogP contribution >= 0.6 is 11.6 Å². The first-order chi connectivity index (χ1) is 10.1. The number of nitrogens with one attached hydrogen (secondary N) is 1. The third-order valence-corrected chi connectivity index (χ3v) is 4.50. The van der Waals surface area contributed by atoms with Crippen LogP contribution in [0.1, 0.15) is 44.6 Å². The monoisotopic (exact) mass is 308 g/mol. The van der Waals surface area contributed by atoms with E-state index in [9.17, 15) is 4.79 Å². The lowest BCUT2D eigenvalue weighted by atomic mass is 10.1. The van der Waals surface area contributed by atoms with Crippen LogP contribution < -0.4 is 5.32 Å². The van der Waals surface area contributed by atoms with Crippen molar-refractivity contribution in [2.24, 2.45) is 0 Å². The van der Waals surface area contributed by atoms with Gasteiger partial charge in [0.05, 0.1) is 16.8 Å². The van der Waals surface area contributed by atoms with Crippen molar-refractivity contribution in [3.05, 3.63) is 28.8 Å². The Morgan fingerprint density at radius 2 is 2.10 bits per heavy atom. The minimum absolute atomic E-state index is 0.0249. The van der Waals surface area contributed by atoms with E-state index in [2.05, 4.69) is 17.1 Å². The Bertz CT molecular complexity index is 463. The molecule has 0 radical (unpaired) electrons. The topological polar surface area (TPSA) is 32.3 Å². The Morgan fingerprint density at radius 1 is 1.38 bits per heavy atom. The van der Waals surface area contributed by atoms with E-state index in [0.29, 0.717) is 5.02 Å². The maximum absolute atomic E-state index is 12.7. The van der Waals surface area contributed by atoms with Crippen LogP contribution in [-0.4, -0.2) is 29.9 Å². The summed E-state index contributed by atoms with van der Waals surface area (Å²) in [5, 5.41) is 3.66. The third-order valence-electron chi connectivity index (χ3n) is 4.19. The Hall–Kier alpha value is -1.06. The highest BCUT2D eigenvalue weighted by Gasteiger charge is 2.28. The van der Waals surface area contributed by atoms with Crippen molar-refractivity contribution in [1.82, 2.24) is 4.90 Å². The van der Waals surface area contributed by atoms with E-state index in [1.807, 2.05) is 25.1 Å². The van der Waals surface area contributed by atoms with E-state index in [0.717, 1.165) is 43.6 Å². The first kappa shape index (κ1) is 16.3. The molecule has 1 atom stereocenters.